The van der Waals surface area contributed by atoms with E-state index in [1.807, 2.05) is 36.9 Å². The molecule has 37 heavy (non-hydrogen) atoms. The van der Waals surface area contributed by atoms with Crippen molar-refractivity contribution in [1.82, 2.24) is 9.97 Å². The zero-order valence-electron chi connectivity index (χ0n) is 21.5. The molecule has 2 aromatic carbocycles. The van der Waals surface area contributed by atoms with Crippen LogP contribution < -0.4 is 15.5 Å². The Balaban J connectivity index is 1.66. The van der Waals surface area contributed by atoms with Crippen molar-refractivity contribution in [3.63, 3.8) is 0 Å². The predicted octanol–water partition coefficient (Wildman–Crippen LogP) is 6.23. The van der Waals surface area contributed by atoms with Gasteiger partial charge in [-0.3, -0.25) is 4.79 Å². The molecule has 0 fully saturated rings. The molecule has 1 aliphatic heterocycles. The molecule has 0 saturated carbocycles. The van der Waals surface area contributed by atoms with Crippen LogP contribution in [0.25, 0.3) is 0 Å². The number of para-hydroxylation sites is 1. The number of aromatic nitrogens is 2. The molecule has 1 aliphatic rings. The predicted molar refractivity (Wildman–Crippen MR) is 149 cm³/mol. The molecule has 0 unspecified atom stereocenters. The third-order valence-corrected chi connectivity index (χ3v) is 8.80. The number of carbonyl (C=O) groups excluding carboxylic acids is 1. The van der Waals surface area contributed by atoms with Gasteiger partial charge in [-0.1, -0.05) is 50.6 Å². The summed E-state index contributed by atoms with van der Waals surface area (Å²) in [5.74, 6) is 0.711. The highest BCUT2D eigenvalue weighted by molar-refractivity contribution is 7.91. The first kappa shape index (κ1) is 26.9. The topological polar surface area (TPSA) is 104 Å². The van der Waals surface area contributed by atoms with Crippen LogP contribution in [0.5, 0.6) is 0 Å². The molecule has 0 radical (unpaired) electrons. The summed E-state index contributed by atoms with van der Waals surface area (Å²) in [6, 6.07) is 12.6. The summed E-state index contributed by atoms with van der Waals surface area (Å²) in [5.41, 5.74) is 2.98. The number of halogens is 1. The van der Waals surface area contributed by atoms with Gasteiger partial charge >= 0.3 is 0 Å². The number of benzene rings is 2. The Morgan fingerprint density at radius 1 is 1.11 bits per heavy atom. The molecule has 3 aromatic rings. The molecule has 0 bridgehead atoms. The van der Waals surface area contributed by atoms with Crippen molar-refractivity contribution < 1.29 is 13.2 Å². The molecular weight excluding hydrogens is 510 g/mol. The summed E-state index contributed by atoms with van der Waals surface area (Å²) >= 11 is 6.37. The lowest BCUT2D eigenvalue weighted by atomic mass is 9.80. The van der Waals surface area contributed by atoms with Crippen LogP contribution in [0.4, 0.5) is 28.8 Å². The van der Waals surface area contributed by atoms with Gasteiger partial charge in [0.1, 0.15) is 5.02 Å². The van der Waals surface area contributed by atoms with Gasteiger partial charge in [0, 0.05) is 24.3 Å². The Bertz CT molecular complexity index is 1430. The molecule has 0 saturated heterocycles. The maximum absolute atomic E-state index is 12.8. The summed E-state index contributed by atoms with van der Waals surface area (Å²) in [6.45, 7) is 8.69. The standard InChI is InChI=1S/C27H32ClN5O3S/c1-5-15-37(35,36)23-10-8-7-9-21(23)31-25-20(28)17-29-26(32-25)30-18-11-12-19-22(16-18)33(6-2)24(34)13-14-27(19,3)4/h7-12,16-17H,5-6,13-15H2,1-4H3,(H2,29,30,31,32). The van der Waals surface area contributed by atoms with Gasteiger partial charge in [0.25, 0.3) is 0 Å². The van der Waals surface area contributed by atoms with Crippen LogP contribution in [0.1, 0.15) is 52.5 Å². The summed E-state index contributed by atoms with van der Waals surface area (Å²) in [7, 11) is -3.46. The van der Waals surface area contributed by atoms with E-state index in [1.165, 1.54) is 6.20 Å². The minimum absolute atomic E-state index is 0.0441. The van der Waals surface area contributed by atoms with E-state index >= 15 is 0 Å². The summed E-state index contributed by atoms with van der Waals surface area (Å²) in [4.78, 5) is 23.6. The van der Waals surface area contributed by atoms with Crippen LogP contribution in [0.3, 0.4) is 0 Å². The number of nitrogens with one attached hydrogen (secondary N) is 2. The molecular formula is C27H32ClN5O3S. The van der Waals surface area contributed by atoms with E-state index in [0.29, 0.717) is 25.1 Å². The van der Waals surface area contributed by atoms with E-state index in [2.05, 4.69) is 34.4 Å². The molecule has 4 rings (SSSR count). The van der Waals surface area contributed by atoms with Gasteiger partial charge in [0.2, 0.25) is 11.9 Å². The Hall–Kier alpha value is -3.17. The van der Waals surface area contributed by atoms with Crippen molar-refractivity contribution in [2.24, 2.45) is 0 Å². The zero-order chi connectivity index (χ0) is 26.8. The quantitative estimate of drug-likeness (QED) is 0.348. The van der Waals surface area contributed by atoms with Crippen LogP contribution in [-0.2, 0) is 20.0 Å². The molecule has 2 heterocycles. The molecule has 1 amide bonds. The number of hydrogen-bond acceptors (Lipinski definition) is 7. The lowest BCUT2D eigenvalue weighted by Crippen LogP contribution is -2.29. The molecule has 8 nitrogen and oxygen atoms in total. The van der Waals surface area contributed by atoms with E-state index in [-0.39, 0.29) is 38.8 Å². The largest absolute Gasteiger partial charge is 0.338 e. The Kier molecular flexibility index (Phi) is 7.75. The molecule has 196 valence electrons. The molecule has 0 spiro atoms. The Morgan fingerprint density at radius 3 is 2.59 bits per heavy atom. The molecule has 2 N–H and O–H groups in total. The number of carbonyl (C=O) groups is 1. The molecule has 10 heteroatoms. The first-order chi connectivity index (χ1) is 17.6. The van der Waals surface area contributed by atoms with E-state index in [4.69, 9.17) is 11.6 Å². The average Bonchev–Trinajstić information content (AvgIpc) is 2.94. The third-order valence-electron chi connectivity index (χ3n) is 6.55. The number of anilines is 5. The molecule has 0 aliphatic carbocycles. The maximum Gasteiger partial charge on any atom is 0.229 e. The van der Waals surface area contributed by atoms with Gasteiger partial charge < -0.3 is 15.5 Å². The van der Waals surface area contributed by atoms with E-state index in [1.54, 1.807) is 24.3 Å². The van der Waals surface area contributed by atoms with Gasteiger partial charge in [-0.05, 0) is 55.0 Å². The van der Waals surface area contributed by atoms with Crippen LogP contribution in [0.15, 0.2) is 53.6 Å². The SMILES string of the molecule is CCCS(=O)(=O)c1ccccc1Nc1nc(Nc2ccc3c(c2)N(CC)C(=O)CCC3(C)C)ncc1Cl. The van der Waals surface area contributed by atoms with Crippen molar-refractivity contribution >= 4 is 56.2 Å². The van der Waals surface area contributed by atoms with Crippen molar-refractivity contribution in [2.75, 3.05) is 27.8 Å². The van der Waals surface area contributed by atoms with Crippen LogP contribution in [-0.4, -0.2) is 36.6 Å². The second-order valence-corrected chi connectivity index (χ2v) is 12.2. The van der Waals surface area contributed by atoms with E-state index < -0.39 is 9.84 Å². The Morgan fingerprint density at radius 2 is 1.86 bits per heavy atom. The van der Waals surface area contributed by atoms with Gasteiger partial charge in [0.15, 0.2) is 15.7 Å². The van der Waals surface area contributed by atoms with Crippen LogP contribution in [0, 0.1) is 0 Å². The minimum Gasteiger partial charge on any atom is -0.338 e. The van der Waals surface area contributed by atoms with Crippen molar-refractivity contribution in [2.45, 2.75) is 57.3 Å². The fourth-order valence-electron chi connectivity index (χ4n) is 4.57. The zero-order valence-corrected chi connectivity index (χ0v) is 23.1. The third kappa shape index (κ3) is 5.72. The van der Waals surface area contributed by atoms with Crippen LogP contribution >= 0.6 is 11.6 Å². The van der Waals surface area contributed by atoms with Gasteiger partial charge in [-0.25, -0.2) is 13.4 Å². The number of nitrogens with zero attached hydrogens (tertiary/aromatic N) is 3. The lowest BCUT2D eigenvalue weighted by molar-refractivity contribution is -0.118. The van der Waals surface area contributed by atoms with Gasteiger partial charge in [0.05, 0.1) is 22.5 Å². The summed E-state index contributed by atoms with van der Waals surface area (Å²) in [6.07, 6.45) is 3.25. The number of hydrogen-bond donors (Lipinski definition) is 2. The highest BCUT2D eigenvalue weighted by Crippen LogP contribution is 2.41. The van der Waals surface area contributed by atoms with Crippen LogP contribution in [0.2, 0.25) is 5.02 Å². The van der Waals surface area contributed by atoms with E-state index in [9.17, 15) is 13.2 Å². The highest BCUT2D eigenvalue weighted by atomic mass is 35.5. The lowest BCUT2D eigenvalue weighted by Gasteiger charge is -2.27. The number of sulfone groups is 1. The molecule has 0 atom stereocenters. The summed E-state index contributed by atoms with van der Waals surface area (Å²) < 4.78 is 25.5. The number of amides is 1. The van der Waals surface area contributed by atoms with Gasteiger partial charge in [-0.2, -0.15) is 4.98 Å². The van der Waals surface area contributed by atoms with Crippen molar-refractivity contribution in [3.8, 4) is 0 Å². The number of fused-ring (bicyclic) bond motifs is 1. The first-order valence-electron chi connectivity index (χ1n) is 12.4. The molecule has 1 aromatic heterocycles. The van der Waals surface area contributed by atoms with Gasteiger partial charge in [-0.15, -0.1) is 0 Å². The van der Waals surface area contributed by atoms with Crippen molar-refractivity contribution in [1.29, 1.82) is 0 Å². The van der Waals surface area contributed by atoms with Crippen molar-refractivity contribution in [3.05, 3.63) is 59.2 Å². The number of rotatable bonds is 8. The normalized spacial score (nSPS) is 15.2. The fourth-order valence-corrected chi connectivity index (χ4v) is 6.20. The second-order valence-electron chi connectivity index (χ2n) is 9.71. The van der Waals surface area contributed by atoms with E-state index in [0.717, 1.165) is 23.4 Å². The fraction of sp³-hybridized carbons (Fsp3) is 0.370. The smallest absolute Gasteiger partial charge is 0.229 e. The maximum atomic E-state index is 12.8. The first-order valence-corrected chi connectivity index (χ1v) is 14.4. The average molecular weight is 542 g/mol. The highest BCUT2D eigenvalue weighted by Gasteiger charge is 2.32. The second kappa shape index (κ2) is 10.7. The minimum atomic E-state index is -3.46. The monoisotopic (exact) mass is 541 g/mol. The Labute approximate surface area is 223 Å². The summed E-state index contributed by atoms with van der Waals surface area (Å²) in [5, 5.41) is 6.52.